The number of nitrogens with one attached hydrogen (secondary N) is 2. The zero-order valence-electron chi connectivity index (χ0n) is 19.2. The SMILES string of the molecule is CCNC(=NCC(c1ccc(C)o1)N1CCOCC1)NCCN(C(C)C)C(C)C. The van der Waals surface area contributed by atoms with Crippen LogP contribution in [0.15, 0.2) is 21.5 Å². The third-order valence-corrected chi connectivity index (χ3v) is 5.33. The lowest BCUT2D eigenvalue weighted by Gasteiger charge is -2.32. The van der Waals surface area contributed by atoms with Crippen LogP contribution in [0.2, 0.25) is 0 Å². The second-order valence-corrected chi connectivity index (χ2v) is 8.18. The van der Waals surface area contributed by atoms with Gasteiger partial charge in [0.15, 0.2) is 5.96 Å². The standard InChI is InChI=1S/C22H41N5O2/c1-7-23-22(24-10-11-27(17(2)3)18(4)5)25-16-20(21-9-8-19(6)29-21)26-12-14-28-15-13-26/h8-9,17-18,20H,7,10-16H2,1-6H3,(H2,23,24,25). The minimum absolute atomic E-state index is 0.130. The van der Waals surface area contributed by atoms with Crippen molar-refractivity contribution >= 4 is 5.96 Å². The summed E-state index contributed by atoms with van der Waals surface area (Å²) in [5.74, 6) is 2.78. The Morgan fingerprint density at radius 3 is 2.38 bits per heavy atom. The van der Waals surface area contributed by atoms with E-state index in [4.69, 9.17) is 14.1 Å². The van der Waals surface area contributed by atoms with Crippen molar-refractivity contribution in [3.8, 4) is 0 Å². The molecule has 0 saturated carbocycles. The number of guanidine groups is 1. The molecule has 1 aromatic rings. The summed E-state index contributed by atoms with van der Waals surface area (Å²) in [6, 6.07) is 5.30. The molecule has 7 nitrogen and oxygen atoms in total. The molecule has 1 atom stereocenters. The van der Waals surface area contributed by atoms with Crippen LogP contribution in [0.25, 0.3) is 0 Å². The topological polar surface area (TPSA) is 65.3 Å². The zero-order valence-corrected chi connectivity index (χ0v) is 19.2. The highest BCUT2D eigenvalue weighted by atomic mass is 16.5. The molecule has 0 radical (unpaired) electrons. The molecular weight excluding hydrogens is 366 g/mol. The number of nitrogens with zero attached hydrogens (tertiary/aromatic N) is 3. The Labute approximate surface area is 176 Å². The maximum atomic E-state index is 5.96. The average molecular weight is 408 g/mol. The van der Waals surface area contributed by atoms with Crippen molar-refractivity contribution in [2.45, 2.75) is 59.7 Å². The van der Waals surface area contributed by atoms with Gasteiger partial charge in [0.1, 0.15) is 11.5 Å². The third kappa shape index (κ3) is 7.64. The highest BCUT2D eigenvalue weighted by Gasteiger charge is 2.25. The van der Waals surface area contributed by atoms with Crippen LogP contribution in [-0.4, -0.2) is 80.3 Å². The molecule has 2 heterocycles. The summed E-state index contributed by atoms with van der Waals surface area (Å²) in [4.78, 5) is 9.79. The van der Waals surface area contributed by atoms with Crippen molar-refractivity contribution in [3.05, 3.63) is 23.7 Å². The van der Waals surface area contributed by atoms with Gasteiger partial charge in [-0.25, -0.2) is 0 Å². The third-order valence-electron chi connectivity index (χ3n) is 5.33. The molecule has 1 unspecified atom stereocenters. The predicted octanol–water partition coefficient (Wildman–Crippen LogP) is 2.64. The van der Waals surface area contributed by atoms with E-state index < -0.39 is 0 Å². The van der Waals surface area contributed by atoms with Crippen molar-refractivity contribution in [1.82, 2.24) is 20.4 Å². The first kappa shape index (κ1) is 23.7. The number of hydrogen-bond acceptors (Lipinski definition) is 5. The fourth-order valence-electron chi connectivity index (χ4n) is 3.84. The summed E-state index contributed by atoms with van der Waals surface area (Å²) < 4.78 is 11.5. The average Bonchev–Trinajstić information content (AvgIpc) is 3.11. The highest BCUT2D eigenvalue weighted by Crippen LogP contribution is 2.24. The van der Waals surface area contributed by atoms with Gasteiger partial charge in [0.05, 0.1) is 25.8 Å². The van der Waals surface area contributed by atoms with E-state index >= 15 is 0 Å². The summed E-state index contributed by atoms with van der Waals surface area (Å²) in [5.41, 5.74) is 0. The first-order valence-electron chi connectivity index (χ1n) is 11.1. The van der Waals surface area contributed by atoms with Crippen LogP contribution in [0.5, 0.6) is 0 Å². The maximum Gasteiger partial charge on any atom is 0.191 e. The minimum atomic E-state index is 0.130. The molecule has 0 bridgehead atoms. The summed E-state index contributed by atoms with van der Waals surface area (Å²) in [7, 11) is 0. The van der Waals surface area contributed by atoms with E-state index in [2.05, 4.69) is 61.1 Å². The number of hydrogen-bond donors (Lipinski definition) is 2. The molecule has 29 heavy (non-hydrogen) atoms. The molecule has 2 N–H and O–H groups in total. The molecule has 7 heteroatoms. The maximum absolute atomic E-state index is 5.96. The Morgan fingerprint density at radius 2 is 1.83 bits per heavy atom. The van der Waals surface area contributed by atoms with Crippen molar-refractivity contribution in [3.63, 3.8) is 0 Å². The minimum Gasteiger partial charge on any atom is -0.465 e. The van der Waals surface area contributed by atoms with Crippen LogP contribution in [-0.2, 0) is 4.74 Å². The van der Waals surface area contributed by atoms with Crippen LogP contribution in [0.4, 0.5) is 0 Å². The van der Waals surface area contributed by atoms with Crippen LogP contribution < -0.4 is 10.6 Å². The number of morpholine rings is 1. The number of rotatable bonds is 10. The van der Waals surface area contributed by atoms with Gasteiger partial charge in [-0.2, -0.15) is 0 Å². The molecule has 1 aromatic heterocycles. The van der Waals surface area contributed by atoms with Crippen LogP contribution in [0, 0.1) is 6.92 Å². The second-order valence-electron chi connectivity index (χ2n) is 8.18. The van der Waals surface area contributed by atoms with E-state index in [1.165, 1.54) is 0 Å². The van der Waals surface area contributed by atoms with E-state index in [0.29, 0.717) is 18.6 Å². The number of aryl methyl sites for hydroxylation is 1. The molecule has 1 aliphatic heterocycles. The van der Waals surface area contributed by atoms with Gasteiger partial charge >= 0.3 is 0 Å². The van der Waals surface area contributed by atoms with Gasteiger partial charge in [-0.05, 0) is 53.7 Å². The highest BCUT2D eigenvalue weighted by molar-refractivity contribution is 5.79. The molecule has 1 fully saturated rings. The zero-order chi connectivity index (χ0) is 21.2. The lowest BCUT2D eigenvalue weighted by molar-refractivity contribution is 0.0135. The van der Waals surface area contributed by atoms with Crippen molar-refractivity contribution in [2.75, 3.05) is 52.5 Å². The van der Waals surface area contributed by atoms with Gasteiger partial charge < -0.3 is 19.8 Å². The summed E-state index contributed by atoms with van der Waals surface area (Å²) in [5, 5.41) is 6.88. The molecule has 0 aromatic carbocycles. The number of furan rings is 1. The largest absolute Gasteiger partial charge is 0.465 e. The number of ether oxygens (including phenoxy) is 1. The van der Waals surface area contributed by atoms with E-state index in [1.54, 1.807) is 0 Å². The van der Waals surface area contributed by atoms with Gasteiger partial charge in [0.25, 0.3) is 0 Å². The van der Waals surface area contributed by atoms with Gasteiger partial charge in [0.2, 0.25) is 0 Å². The molecule has 2 rings (SSSR count). The smallest absolute Gasteiger partial charge is 0.191 e. The summed E-state index contributed by atoms with van der Waals surface area (Å²) >= 11 is 0. The Bertz CT molecular complexity index is 600. The first-order chi connectivity index (χ1) is 13.9. The van der Waals surface area contributed by atoms with Crippen LogP contribution in [0.3, 0.4) is 0 Å². The van der Waals surface area contributed by atoms with Crippen LogP contribution >= 0.6 is 0 Å². The Hall–Kier alpha value is -1.57. The van der Waals surface area contributed by atoms with Gasteiger partial charge in [-0.1, -0.05) is 0 Å². The lowest BCUT2D eigenvalue weighted by Crippen LogP contribution is -2.45. The molecule has 0 amide bonds. The Balaban J connectivity index is 2.02. The predicted molar refractivity (Wildman–Crippen MR) is 120 cm³/mol. The van der Waals surface area contributed by atoms with Crippen molar-refractivity contribution in [2.24, 2.45) is 4.99 Å². The molecule has 1 saturated heterocycles. The Kier molecular flexibility index (Phi) is 9.97. The summed E-state index contributed by atoms with van der Waals surface area (Å²) in [6.45, 7) is 19.8. The second kappa shape index (κ2) is 12.2. The van der Waals surface area contributed by atoms with Gasteiger partial charge in [0, 0.05) is 44.8 Å². The fraction of sp³-hybridized carbons (Fsp3) is 0.773. The quantitative estimate of drug-likeness (QED) is 0.459. The van der Waals surface area contributed by atoms with Gasteiger partial charge in [-0.15, -0.1) is 0 Å². The van der Waals surface area contributed by atoms with Gasteiger partial charge in [-0.3, -0.25) is 14.8 Å². The molecule has 166 valence electrons. The van der Waals surface area contributed by atoms with E-state index in [-0.39, 0.29) is 6.04 Å². The number of aliphatic imine (C=N–C) groups is 1. The van der Waals surface area contributed by atoms with Crippen molar-refractivity contribution in [1.29, 1.82) is 0 Å². The molecule has 0 spiro atoms. The lowest BCUT2D eigenvalue weighted by atomic mass is 10.1. The first-order valence-corrected chi connectivity index (χ1v) is 11.1. The Morgan fingerprint density at radius 1 is 1.14 bits per heavy atom. The van der Waals surface area contributed by atoms with E-state index in [1.807, 2.05) is 13.0 Å². The molecular formula is C22H41N5O2. The monoisotopic (exact) mass is 407 g/mol. The van der Waals surface area contributed by atoms with E-state index in [9.17, 15) is 0 Å². The summed E-state index contributed by atoms with van der Waals surface area (Å²) in [6.07, 6.45) is 0. The molecule has 0 aliphatic carbocycles. The van der Waals surface area contributed by atoms with Crippen molar-refractivity contribution < 1.29 is 9.15 Å². The van der Waals surface area contributed by atoms with E-state index in [0.717, 1.165) is 63.4 Å². The fourth-order valence-corrected chi connectivity index (χ4v) is 3.84. The van der Waals surface area contributed by atoms with Crippen LogP contribution in [0.1, 0.15) is 52.2 Å². The molecule has 1 aliphatic rings. The normalized spacial score (nSPS) is 17.3.